The van der Waals surface area contributed by atoms with Crippen molar-refractivity contribution in [1.29, 1.82) is 0 Å². The molecule has 0 bridgehead atoms. The van der Waals surface area contributed by atoms with Crippen LogP contribution in [0.2, 0.25) is 5.02 Å². The van der Waals surface area contributed by atoms with Crippen molar-refractivity contribution < 1.29 is 0 Å². The molecule has 28 heavy (non-hydrogen) atoms. The van der Waals surface area contributed by atoms with Crippen molar-refractivity contribution in [3.8, 4) is 11.1 Å². The highest BCUT2D eigenvalue weighted by atomic mass is 35.5. The van der Waals surface area contributed by atoms with Gasteiger partial charge in [0.25, 0.3) is 0 Å². The Labute approximate surface area is 170 Å². The van der Waals surface area contributed by atoms with Crippen molar-refractivity contribution in [2.24, 2.45) is 0 Å². The van der Waals surface area contributed by atoms with Gasteiger partial charge in [0.1, 0.15) is 0 Å². The molecule has 142 valence electrons. The predicted molar refractivity (Wildman–Crippen MR) is 118 cm³/mol. The fraction of sp³-hybridized carbons (Fsp3) is 0.292. The number of pyridine rings is 1. The topological polar surface area (TPSA) is 40.7 Å². The normalized spacial score (nSPS) is 15.1. The molecule has 0 spiro atoms. The molecule has 0 unspecified atom stereocenters. The number of nitrogens with zero attached hydrogens (tertiary/aromatic N) is 1. The summed E-state index contributed by atoms with van der Waals surface area (Å²) in [6.07, 6.45) is 7.21. The quantitative estimate of drug-likeness (QED) is 0.425. The van der Waals surface area contributed by atoms with Gasteiger partial charge in [0.2, 0.25) is 0 Å². The Balaban J connectivity index is 1.51. The molecule has 0 saturated heterocycles. The second kappa shape index (κ2) is 7.23. The van der Waals surface area contributed by atoms with Crippen LogP contribution in [-0.4, -0.2) is 16.0 Å². The number of aryl methyl sites for hydroxylation is 1. The van der Waals surface area contributed by atoms with Crippen molar-refractivity contribution in [3.63, 3.8) is 0 Å². The minimum Gasteiger partial charge on any atom is -0.353 e. The van der Waals surface area contributed by atoms with Gasteiger partial charge < -0.3 is 10.3 Å². The maximum Gasteiger partial charge on any atom is 0.0681 e. The number of halogens is 1. The molecule has 4 heteroatoms. The van der Waals surface area contributed by atoms with Gasteiger partial charge in [-0.3, -0.25) is 4.98 Å². The van der Waals surface area contributed by atoms with Gasteiger partial charge in [-0.15, -0.1) is 0 Å². The molecular formula is C24H24ClN3. The minimum atomic E-state index is 0.690. The lowest BCUT2D eigenvalue weighted by Gasteiger charge is -2.12. The van der Waals surface area contributed by atoms with Gasteiger partial charge in [-0.25, -0.2) is 0 Å². The summed E-state index contributed by atoms with van der Waals surface area (Å²) in [4.78, 5) is 8.00. The van der Waals surface area contributed by atoms with Crippen LogP contribution >= 0.6 is 11.6 Å². The van der Waals surface area contributed by atoms with E-state index in [0.717, 1.165) is 39.2 Å². The van der Waals surface area contributed by atoms with Crippen molar-refractivity contribution >= 4 is 33.4 Å². The highest BCUT2D eigenvalue weighted by molar-refractivity contribution is 6.32. The Morgan fingerprint density at radius 2 is 1.82 bits per heavy atom. The summed E-state index contributed by atoms with van der Waals surface area (Å²) in [5, 5.41) is 6.76. The zero-order valence-corrected chi connectivity index (χ0v) is 16.8. The Morgan fingerprint density at radius 1 is 1.04 bits per heavy atom. The van der Waals surface area contributed by atoms with Crippen molar-refractivity contribution in [2.45, 2.75) is 45.2 Å². The van der Waals surface area contributed by atoms with Crippen LogP contribution in [-0.2, 0) is 6.54 Å². The first-order chi connectivity index (χ1) is 13.7. The standard InChI is InChI=1S/C24H24ClN3/c1-15-23-20(10-11-26-15)22-13-18(25)12-21(24(22)28-23)17-8-6-16(7-9-17)14-27-19-4-2-3-5-19/h6-13,19,27-28H,2-5,14H2,1H3. The van der Waals surface area contributed by atoms with Crippen LogP contribution in [0.4, 0.5) is 0 Å². The summed E-state index contributed by atoms with van der Waals surface area (Å²) in [6, 6.07) is 15.7. The second-order valence-corrected chi connectivity index (χ2v) is 8.32. The molecule has 4 aromatic rings. The summed E-state index contributed by atoms with van der Waals surface area (Å²) in [7, 11) is 0. The first-order valence-corrected chi connectivity index (χ1v) is 10.5. The average molecular weight is 390 g/mol. The van der Waals surface area contributed by atoms with E-state index in [-0.39, 0.29) is 0 Å². The summed E-state index contributed by atoms with van der Waals surface area (Å²) in [5.41, 5.74) is 6.84. The van der Waals surface area contributed by atoms with Gasteiger partial charge in [0.05, 0.1) is 16.7 Å². The van der Waals surface area contributed by atoms with Gasteiger partial charge in [0.15, 0.2) is 0 Å². The van der Waals surface area contributed by atoms with Gasteiger partial charge in [-0.05, 0) is 49.1 Å². The Bertz CT molecular complexity index is 1140. The summed E-state index contributed by atoms with van der Waals surface area (Å²) < 4.78 is 0. The highest BCUT2D eigenvalue weighted by Gasteiger charge is 2.15. The third-order valence-electron chi connectivity index (χ3n) is 6.00. The lowest BCUT2D eigenvalue weighted by Crippen LogP contribution is -2.25. The number of H-pyrrole nitrogens is 1. The average Bonchev–Trinajstić information content (AvgIpc) is 3.35. The Morgan fingerprint density at radius 3 is 2.61 bits per heavy atom. The zero-order chi connectivity index (χ0) is 19.1. The van der Waals surface area contributed by atoms with Crippen LogP contribution in [0.25, 0.3) is 32.9 Å². The first-order valence-electron chi connectivity index (χ1n) is 10.1. The number of benzene rings is 2. The Kier molecular flexibility index (Phi) is 4.58. The van der Waals surface area contributed by atoms with Gasteiger partial charge >= 0.3 is 0 Å². The fourth-order valence-corrected chi connectivity index (χ4v) is 4.67. The number of aromatic amines is 1. The number of nitrogens with one attached hydrogen (secondary N) is 2. The zero-order valence-electron chi connectivity index (χ0n) is 16.1. The monoisotopic (exact) mass is 389 g/mol. The van der Waals surface area contributed by atoms with E-state index in [2.05, 4.69) is 45.6 Å². The molecule has 2 N–H and O–H groups in total. The van der Waals surface area contributed by atoms with E-state index in [1.807, 2.05) is 25.3 Å². The number of rotatable bonds is 4. The van der Waals surface area contributed by atoms with Crippen LogP contribution in [0.5, 0.6) is 0 Å². The molecule has 0 aliphatic heterocycles. The van der Waals surface area contributed by atoms with Gasteiger partial charge in [-0.1, -0.05) is 48.7 Å². The predicted octanol–water partition coefficient (Wildman–Crippen LogP) is 6.38. The van der Waals surface area contributed by atoms with Crippen LogP contribution < -0.4 is 5.32 Å². The van der Waals surface area contributed by atoms with E-state index in [4.69, 9.17) is 11.6 Å². The molecule has 1 aliphatic carbocycles. The SMILES string of the molecule is Cc1nccc2c1[nH]c1c(-c3ccc(CNC4CCCC4)cc3)cc(Cl)cc12. The number of hydrogen-bond donors (Lipinski definition) is 2. The fourth-order valence-electron chi connectivity index (χ4n) is 4.45. The van der Waals surface area contributed by atoms with E-state index >= 15 is 0 Å². The van der Waals surface area contributed by atoms with E-state index in [1.54, 1.807) is 0 Å². The molecule has 0 amide bonds. The smallest absolute Gasteiger partial charge is 0.0681 e. The molecule has 2 aromatic heterocycles. The molecule has 2 heterocycles. The second-order valence-electron chi connectivity index (χ2n) is 7.88. The third kappa shape index (κ3) is 3.19. The molecule has 3 nitrogen and oxygen atoms in total. The number of hydrogen-bond acceptors (Lipinski definition) is 2. The molecule has 2 aromatic carbocycles. The van der Waals surface area contributed by atoms with Crippen molar-refractivity contribution in [3.05, 3.63) is 64.9 Å². The first kappa shape index (κ1) is 17.7. The lowest BCUT2D eigenvalue weighted by atomic mass is 10.0. The van der Waals surface area contributed by atoms with E-state index in [1.165, 1.54) is 42.2 Å². The summed E-state index contributed by atoms with van der Waals surface area (Å²) in [5.74, 6) is 0. The summed E-state index contributed by atoms with van der Waals surface area (Å²) >= 11 is 6.48. The van der Waals surface area contributed by atoms with E-state index in [9.17, 15) is 0 Å². The molecule has 1 fully saturated rings. The molecule has 1 aliphatic rings. The van der Waals surface area contributed by atoms with Gasteiger partial charge in [0, 0.05) is 40.1 Å². The van der Waals surface area contributed by atoms with Crippen molar-refractivity contribution in [1.82, 2.24) is 15.3 Å². The summed E-state index contributed by atoms with van der Waals surface area (Å²) in [6.45, 7) is 2.97. The van der Waals surface area contributed by atoms with Crippen molar-refractivity contribution in [2.75, 3.05) is 0 Å². The largest absolute Gasteiger partial charge is 0.353 e. The van der Waals surface area contributed by atoms with Crippen LogP contribution in [0, 0.1) is 6.92 Å². The molecular weight excluding hydrogens is 366 g/mol. The minimum absolute atomic E-state index is 0.690. The van der Waals surface area contributed by atoms with Crippen LogP contribution in [0.15, 0.2) is 48.7 Å². The molecule has 0 atom stereocenters. The highest BCUT2D eigenvalue weighted by Crippen LogP contribution is 2.36. The van der Waals surface area contributed by atoms with Crippen LogP contribution in [0.3, 0.4) is 0 Å². The maximum absolute atomic E-state index is 6.48. The number of fused-ring (bicyclic) bond motifs is 3. The maximum atomic E-state index is 6.48. The molecule has 5 rings (SSSR count). The molecule has 0 radical (unpaired) electrons. The number of aromatic nitrogens is 2. The lowest BCUT2D eigenvalue weighted by molar-refractivity contribution is 0.524. The third-order valence-corrected chi connectivity index (χ3v) is 6.22. The Hall–Kier alpha value is -2.36. The van der Waals surface area contributed by atoms with Gasteiger partial charge in [-0.2, -0.15) is 0 Å². The van der Waals surface area contributed by atoms with E-state index in [0.29, 0.717) is 6.04 Å². The molecule has 1 saturated carbocycles. The van der Waals surface area contributed by atoms with Crippen LogP contribution in [0.1, 0.15) is 36.9 Å². The van der Waals surface area contributed by atoms with E-state index < -0.39 is 0 Å².